The average molecular weight is 433 g/mol. The van der Waals surface area contributed by atoms with E-state index in [0.29, 0.717) is 18.4 Å². The molecule has 0 fully saturated rings. The number of halogens is 1. The molecule has 1 rings (SSSR count). The number of ether oxygens (including phenoxy) is 1. The lowest BCUT2D eigenvalue weighted by atomic mass is 10.1. The number of rotatable bonds is 10. The topological polar surface area (TPSA) is 111 Å². The number of carbonyl (C=O) groups excluding carboxylic acids is 2. The summed E-state index contributed by atoms with van der Waals surface area (Å²) in [5, 5.41) is 5.23. The van der Waals surface area contributed by atoms with Gasteiger partial charge in [0.1, 0.15) is 17.5 Å². The molecule has 0 saturated carbocycles. The molecule has 10 heteroatoms. The van der Waals surface area contributed by atoms with Crippen molar-refractivity contribution in [3.63, 3.8) is 0 Å². The third kappa shape index (κ3) is 12.1. The van der Waals surface area contributed by atoms with Gasteiger partial charge in [-0.3, -0.25) is 8.98 Å². The van der Waals surface area contributed by atoms with E-state index >= 15 is 0 Å². The molecule has 0 aliphatic carbocycles. The SMILES string of the molecule is CC(C)(C)OC(=O)N[C@@H](CCCCOS(C)(=O)=O)C(=O)NCc1ccc(F)cc1. The number of amides is 2. The second kappa shape index (κ2) is 11.1. The Balaban J connectivity index is 2.62. The maximum absolute atomic E-state index is 13.0. The molecule has 0 saturated heterocycles. The fraction of sp³-hybridized carbons (Fsp3) is 0.579. The summed E-state index contributed by atoms with van der Waals surface area (Å²) in [6, 6.07) is 4.81. The van der Waals surface area contributed by atoms with Crippen LogP contribution in [0.1, 0.15) is 45.6 Å². The summed E-state index contributed by atoms with van der Waals surface area (Å²) in [5.74, 6) is -0.801. The Bertz CT molecular complexity index is 775. The first-order chi connectivity index (χ1) is 13.4. The van der Waals surface area contributed by atoms with E-state index in [9.17, 15) is 22.4 Å². The Hall–Kier alpha value is -2.20. The Morgan fingerprint density at radius 2 is 1.76 bits per heavy atom. The molecule has 0 heterocycles. The van der Waals surface area contributed by atoms with Gasteiger partial charge in [0.2, 0.25) is 5.91 Å². The molecule has 0 unspecified atom stereocenters. The number of nitrogens with one attached hydrogen (secondary N) is 2. The minimum absolute atomic E-state index is 0.00477. The summed E-state index contributed by atoms with van der Waals surface area (Å²) in [5.41, 5.74) is -0.0138. The molecule has 0 aromatic heterocycles. The largest absolute Gasteiger partial charge is 0.444 e. The van der Waals surface area contributed by atoms with Crippen molar-refractivity contribution in [3.05, 3.63) is 35.6 Å². The first-order valence-corrected chi connectivity index (χ1v) is 11.0. The van der Waals surface area contributed by atoms with Crippen LogP contribution < -0.4 is 10.6 Å². The first kappa shape index (κ1) is 24.8. The predicted octanol–water partition coefficient (Wildman–Crippen LogP) is 2.48. The van der Waals surface area contributed by atoms with Crippen LogP contribution in [0, 0.1) is 5.82 Å². The first-order valence-electron chi connectivity index (χ1n) is 9.22. The van der Waals surface area contributed by atoms with Gasteiger partial charge in [0.15, 0.2) is 0 Å². The molecule has 0 aliphatic heterocycles. The Morgan fingerprint density at radius 1 is 1.14 bits per heavy atom. The molecule has 8 nitrogen and oxygen atoms in total. The van der Waals surface area contributed by atoms with Crippen molar-refractivity contribution in [1.29, 1.82) is 0 Å². The van der Waals surface area contributed by atoms with Gasteiger partial charge in [-0.2, -0.15) is 8.42 Å². The fourth-order valence-corrected chi connectivity index (χ4v) is 2.71. The highest BCUT2D eigenvalue weighted by Crippen LogP contribution is 2.09. The van der Waals surface area contributed by atoms with Crippen LogP contribution >= 0.6 is 0 Å². The summed E-state index contributed by atoms with van der Waals surface area (Å²) in [7, 11) is -3.52. The third-order valence-corrected chi connectivity index (χ3v) is 4.17. The molecular weight excluding hydrogens is 403 g/mol. The van der Waals surface area contributed by atoms with Crippen molar-refractivity contribution in [2.45, 2.75) is 58.2 Å². The van der Waals surface area contributed by atoms with Gasteiger partial charge in [-0.1, -0.05) is 12.1 Å². The summed E-state index contributed by atoms with van der Waals surface area (Å²) in [4.78, 5) is 24.6. The number of alkyl carbamates (subject to hydrolysis) is 1. The zero-order chi connectivity index (χ0) is 22.1. The van der Waals surface area contributed by atoms with Crippen molar-refractivity contribution in [3.8, 4) is 0 Å². The fourth-order valence-electron chi connectivity index (χ4n) is 2.29. The highest BCUT2D eigenvalue weighted by molar-refractivity contribution is 7.85. The molecular formula is C19H29FN2O6S. The number of hydrogen-bond acceptors (Lipinski definition) is 6. The Labute approximate surface area is 171 Å². The van der Waals surface area contributed by atoms with Crippen LogP contribution in [0.15, 0.2) is 24.3 Å². The van der Waals surface area contributed by atoms with E-state index in [-0.39, 0.29) is 25.4 Å². The summed E-state index contributed by atoms with van der Waals surface area (Å²) in [6.07, 6.45) is 1.33. The van der Waals surface area contributed by atoms with Crippen molar-refractivity contribution in [2.75, 3.05) is 12.9 Å². The van der Waals surface area contributed by atoms with Gasteiger partial charge in [0.05, 0.1) is 12.9 Å². The lowest BCUT2D eigenvalue weighted by Crippen LogP contribution is -2.48. The number of unbranched alkanes of at least 4 members (excludes halogenated alkanes) is 1. The minimum atomic E-state index is -3.52. The van der Waals surface area contributed by atoms with E-state index in [0.717, 1.165) is 6.26 Å². The predicted molar refractivity (Wildman–Crippen MR) is 106 cm³/mol. The van der Waals surface area contributed by atoms with Gasteiger partial charge < -0.3 is 15.4 Å². The Kier molecular flexibility index (Phi) is 9.51. The molecule has 29 heavy (non-hydrogen) atoms. The number of hydrogen-bond donors (Lipinski definition) is 2. The van der Waals surface area contributed by atoms with Gasteiger partial charge in [-0.25, -0.2) is 9.18 Å². The van der Waals surface area contributed by atoms with Crippen LogP contribution in [-0.4, -0.2) is 44.9 Å². The summed E-state index contributed by atoms with van der Waals surface area (Å²) >= 11 is 0. The highest BCUT2D eigenvalue weighted by atomic mass is 32.2. The van der Waals surface area contributed by atoms with Crippen molar-refractivity contribution in [2.24, 2.45) is 0 Å². The van der Waals surface area contributed by atoms with Crippen molar-refractivity contribution >= 4 is 22.1 Å². The summed E-state index contributed by atoms with van der Waals surface area (Å²) < 4.78 is 44.8. The van der Waals surface area contributed by atoms with Gasteiger partial charge in [-0.15, -0.1) is 0 Å². The molecule has 0 aliphatic rings. The molecule has 2 amide bonds. The molecule has 0 spiro atoms. The Morgan fingerprint density at radius 3 is 2.31 bits per heavy atom. The molecule has 2 N–H and O–H groups in total. The molecule has 0 radical (unpaired) electrons. The second-order valence-electron chi connectivity index (χ2n) is 7.56. The third-order valence-electron chi connectivity index (χ3n) is 3.57. The summed E-state index contributed by atoms with van der Waals surface area (Å²) in [6.45, 7) is 5.29. The number of carbonyl (C=O) groups is 2. The molecule has 1 aromatic rings. The van der Waals surface area contributed by atoms with Crippen LogP contribution in [0.3, 0.4) is 0 Å². The molecule has 1 aromatic carbocycles. The minimum Gasteiger partial charge on any atom is -0.444 e. The van der Waals surface area contributed by atoms with E-state index in [1.807, 2.05) is 0 Å². The van der Waals surface area contributed by atoms with E-state index in [4.69, 9.17) is 4.74 Å². The molecule has 164 valence electrons. The zero-order valence-corrected chi connectivity index (χ0v) is 18.0. The monoisotopic (exact) mass is 432 g/mol. The quantitative estimate of drug-likeness (QED) is 0.434. The van der Waals surface area contributed by atoms with Crippen LogP contribution in [0.2, 0.25) is 0 Å². The van der Waals surface area contributed by atoms with E-state index in [1.165, 1.54) is 12.1 Å². The second-order valence-corrected chi connectivity index (χ2v) is 9.21. The maximum atomic E-state index is 13.0. The molecule has 1 atom stereocenters. The lowest BCUT2D eigenvalue weighted by molar-refractivity contribution is -0.123. The van der Waals surface area contributed by atoms with E-state index in [1.54, 1.807) is 32.9 Å². The highest BCUT2D eigenvalue weighted by Gasteiger charge is 2.24. The standard InChI is InChI=1S/C19H29FN2O6S/c1-19(2,3)28-18(24)22-16(7-5-6-12-27-29(4,25)26)17(23)21-13-14-8-10-15(20)11-9-14/h8-11,16H,5-7,12-13H2,1-4H3,(H,21,23)(H,22,24)/t16-/m0/s1. The van der Waals surface area contributed by atoms with Crippen molar-refractivity contribution in [1.82, 2.24) is 10.6 Å². The molecule has 0 bridgehead atoms. The zero-order valence-electron chi connectivity index (χ0n) is 17.2. The van der Waals surface area contributed by atoms with Gasteiger partial charge in [0, 0.05) is 6.54 Å². The van der Waals surface area contributed by atoms with Crippen LogP contribution in [0.5, 0.6) is 0 Å². The maximum Gasteiger partial charge on any atom is 0.408 e. The van der Waals surface area contributed by atoms with Crippen molar-refractivity contribution < 1.29 is 31.3 Å². The van der Waals surface area contributed by atoms with Gasteiger partial charge >= 0.3 is 6.09 Å². The van der Waals surface area contributed by atoms with Gasteiger partial charge in [0.25, 0.3) is 10.1 Å². The van der Waals surface area contributed by atoms with Crippen LogP contribution in [-0.2, 0) is 30.4 Å². The average Bonchev–Trinajstić information content (AvgIpc) is 2.57. The number of benzene rings is 1. The van der Waals surface area contributed by atoms with Crippen LogP contribution in [0.4, 0.5) is 9.18 Å². The smallest absolute Gasteiger partial charge is 0.408 e. The van der Waals surface area contributed by atoms with Crippen LogP contribution in [0.25, 0.3) is 0 Å². The van der Waals surface area contributed by atoms with E-state index < -0.39 is 33.8 Å². The van der Waals surface area contributed by atoms with E-state index in [2.05, 4.69) is 14.8 Å². The lowest BCUT2D eigenvalue weighted by Gasteiger charge is -2.23. The normalized spacial score (nSPS) is 12.9. The van der Waals surface area contributed by atoms with Gasteiger partial charge in [-0.05, 0) is 57.7 Å².